The number of hydrogen-bond acceptors (Lipinski definition) is 4. The van der Waals surface area contributed by atoms with Gasteiger partial charge in [-0.2, -0.15) is 11.8 Å². The predicted molar refractivity (Wildman–Crippen MR) is 91.4 cm³/mol. The maximum atomic E-state index is 11.7. The van der Waals surface area contributed by atoms with E-state index in [1.54, 1.807) is 26.0 Å². The van der Waals surface area contributed by atoms with Gasteiger partial charge in [-0.05, 0) is 18.1 Å². The van der Waals surface area contributed by atoms with Crippen LogP contribution >= 0.6 is 11.8 Å². The highest BCUT2D eigenvalue weighted by Gasteiger charge is 2.22. The summed E-state index contributed by atoms with van der Waals surface area (Å²) in [5.74, 6) is -0.967. The Kier molecular flexibility index (Phi) is 8.18. The van der Waals surface area contributed by atoms with E-state index in [9.17, 15) is 14.4 Å². The number of amides is 2. The van der Waals surface area contributed by atoms with Crippen LogP contribution in [0.2, 0.25) is 0 Å². The lowest BCUT2D eigenvalue weighted by molar-refractivity contribution is -0.143. The number of aliphatic carboxylic acids is 1. The number of carboxylic acids is 1. The first kappa shape index (κ1) is 19.0. The zero-order valence-electron chi connectivity index (χ0n) is 13.2. The van der Waals surface area contributed by atoms with Crippen molar-refractivity contribution in [2.45, 2.75) is 26.3 Å². The average molecular weight is 338 g/mol. The van der Waals surface area contributed by atoms with E-state index in [0.29, 0.717) is 5.75 Å². The van der Waals surface area contributed by atoms with Crippen molar-refractivity contribution in [3.05, 3.63) is 30.3 Å². The molecule has 1 aromatic carbocycles. The molecule has 0 aliphatic rings. The first-order valence-corrected chi connectivity index (χ1v) is 8.50. The molecule has 1 atom stereocenters. The molecule has 0 aliphatic heterocycles. The minimum Gasteiger partial charge on any atom is -0.480 e. The van der Waals surface area contributed by atoms with Crippen molar-refractivity contribution in [3.63, 3.8) is 0 Å². The van der Waals surface area contributed by atoms with Gasteiger partial charge in [-0.25, -0.2) is 4.79 Å². The molecule has 1 unspecified atom stereocenters. The van der Waals surface area contributed by atoms with Crippen molar-refractivity contribution < 1.29 is 19.5 Å². The Balaban J connectivity index is 2.22. The third-order valence-corrected chi connectivity index (χ3v) is 3.97. The smallest absolute Gasteiger partial charge is 0.326 e. The number of benzene rings is 1. The Labute approximate surface area is 140 Å². The van der Waals surface area contributed by atoms with Crippen LogP contribution in [-0.2, 0) is 14.4 Å². The Morgan fingerprint density at radius 1 is 1.13 bits per heavy atom. The lowest BCUT2D eigenvalue weighted by Gasteiger charge is -2.17. The van der Waals surface area contributed by atoms with Gasteiger partial charge >= 0.3 is 5.97 Å². The van der Waals surface area contributed by atoms with Gasteiger partial charge in [0, 0.05) is 17.9 Å². The van der Waals surface area contributed by atoms with Gasteiger partial charge in [-0.15, -0.1) is 0 Å². The second kappa shape index (κ2) is 9.89. The summed E-state index contributed by atoms with van der Waals surface area (Å²) in [6.07, 6.45) is 0.180. The maximum Gasteiger partial charge on any atom is 0.326 e. The van der Waals surface area contributed by atoms with E-state index in [2.05, 4.69) is 10.6 Å². The van der Waals surface area contributed by atoms with E-state index in [1.165, 1.54) is 11.8 Å². The molecule has 0 fully saturated rings. The van der Waals surface area contributed by atoms with E-state index in [0.717, 1.165) is 5.69 Å². The number of rotatable bonds is 9. The normalized spacial score (nSPS) is 11.8. The van der Waals surface area contributed by atoms with Gasteiger partial charge in [0.1, 0.15) is 6.04 Å². The number of carbonyl (C=O) groups excluding carboxylic acids is 2. The standard InChI is InChI=1S/C16H22N2O4S/c1-11(2)15(16(21)22)18-13(19)8-9-23-10-14(20)17-12-6-4-3-5-7-12/h3-7,11,15H,8-10H2,1-2H3,(H,17,20)(H,18,19)(H,21,22). The molecule has 0 saturated carbocycles. The molecule has 6 nitrogen and oxygen atoms in total. The first-order valence-electron chi connectivity index (χ1n) is 7.35. The molecule has 2 amide bonds. The summed E-state index contributed by atoms with van der Waals surface area (Å²) in [4.78, 5) is 34.4. The van der Waals surface area contributed by atoms with Crippen molar-refractivity contribution in [2.24, 2.45) is 5.92 Å². The van der Waals surface area contributed by atoms with Crippen LogP contribution in [0.25, 0.3) is 0 Å². The van der Waals surface area contributed by atoms with Crippen LogP contribution in [-0.4, -0.2) is 40.4 Å². The summed E-state index contributed by atoms with van der Waals surface area (Å²) in [6, 6.07) is 8.25. The molecule has 1 rings (SSSR count). The highest BCUT2D eigenvalue weighted by Crippen LogP contribution is 2.08. The Morgan fingerprint density at radius 3 is 2.35 bits per heavy atom. The third-order valence-electron chi connectivity index (χ3n) is 3.01. The zero-order chi connectivity index (χ0) is 17.2. The van der Waals surface area contributed by atoms with Crippen molar-refractivity contribution in [2.75, 3.05) is 16.8 Å². The Bertz CT molecular complexity index is 534. The average Bonchev–Trinajstić information content (AvgIpc) is 2.49. The quantitative estimate of drug-likeness (QED) is 0.598. The molecule has 3 N–H and O–H groups in total. The fourth-order valence-corrected chi connectivity index (χ4v) is 2.54. The Hall–Kier alpha value is -2.02. The zero-order valence-corrected chi connectivity index (χ0v) is 14.1. The summed E-state index contributed by atoms with van der Waals surface area (Å²) in [5.41, 5.74) is 0.733. The molecular formula is C16H22N2O4S. The first-order chi connectivity index (χ1) is 10.9. The van der Waals surface area contributed by atoms with Crippen LogP contribution in [0.15, 0.2) is 30.3 Å². The summed E-state index contributed by atoms with van der Waals surface area (Å²) < 4.78 is 0. The summed E-state index contributed by atoms with van der Waals surface area (Å²) in [7, 11) is 0. The molecule has 0 radical (unpaired) electrons. The number of thioether (sulfide) groups is 1. The molecule has 7 heteroatoms. The molecule has 0 aliphatic carbocycles. The highest BCUT2D eigenvalue weighted by molar-refractivity contribution is 7.99. The van der Waals surface area contributed by atoms with Gasteiger partial charge < -0.3 is 15.7 Å². The van der Waals surface area contributed by atoms with Crippen LogP contribution < -0.4 is 10.6 Å². The number of hydrogen-bond donors (Lipinski definition) is 3. The van der Waals surface area contributed by atoms with E-state index < -0.39 is 12.0 Å². The Morgan fingerprint density at radius 2 is 1.78 bits per heavy atom. The molecule has 0 heterocycles. The van der Waals surface area contributed by atoms with Gasteiger partial charge in [0.15, 0.2) is 0 Å². The molecule has 0 spiro atoms. The SMILES string of the molecule is CC(C)C(NC(=O)CCSCC(=O)Nc1ccccc1)C(=O)O. The number of carbonyl (C=O) groups is 3. The molecule has 0 saturated heterocycles. The molecule has 126 valence electrons. The number of para-hydroxylation sites is 1. The van der Waals surface area contributed by atoms with E-state index >= 15 is 0 Å². The van der Waals surface area contributed by atoms with Gasteiger partial charge in [0.25, 0.3) is 0 Å². The van der Waals surface area contributed by atoms with Gasteiger partial charge in [-0.3, -0.25) is 9.59 Å². The second-order valence-corrected chi connectivity index (χ2v) is 6.45. The van der Waals surface area contributed by atoms with Crippen molar-refractivity contribution in [3.8, 4) is 0 Å². The highest BCUT2D eigenvalue weighted by atomic mass is 32.2. The minimum atomic E-state index is -1.04. The number of anilines is 1. The van der Waals surface area contributed by atoms with Gasteiger partial charge in [-0.1, -0.05) is 32.0 Å². The molecule has 23 heavy (non-hydrogen) atoms. The predicted octanol–water partition coefficient (Wildman–Crippen LogP) is 1.97. The molecule has 1 aromatic rings. The maximum absolute atomic E-state index is 11.7. The monoisotopic (exact) mass is 338 g/mol. The lowest BCUT2D eigenvalue weighted by Crippen LogP contribution is -2.44. The van der Waals surface area contributed by atoms with E-state index in [1.807, 2.05) is 18.2 Å². The van der Waals surface area contributed by atoms with Gasteiger partial charge in [0.05, 0.1) is 5.75 Å². The molecule has 0 bridgehead atoms. The fraction of sp³-hybridized carbons (Fsp3) is 0.438. The second-order valence-electron chi connectivity index (χ2n) is 5.34. The molecule has 0 aromatic heterocycles. The third kappa shape index (κ3) is 7.69. The summed E-state index contributed by atoms with van der Waals surface area (Å²) >= 11 is 1.33. The van der Waals surface area contributed by atoms with Gasteiger partial charge in [0.2, 0.25) is 11.8 Å². The fourth-order valence-electron chi connectivity index (χ4n) is 1.81. The summed E-state index contributed by atoms with van der Waals surface area (Å²) in [5, 5.41) is 14.2. The van der Waals surface area contributed by atoms with Crippen LogP contribution in [0.3, 0.4) is 0 Å². The number of carboxylic acid groups (broad SMARTS) is 1. The largest absolute Gasteiger partial charge is 0.480 e. The van der Waals surface area contributed by atoms with Crippen molar-refractivity contribution >= 4 is 35.2 Å². The van der Waals surface area contributed by atoms with Crippen LogP contribution in [0.4, 0.5) is 5.69 Å². The van der Waals surface area contributed by atoms with Crippen LogP contribution in [0.5, 0.6) is 0 Å². The summed E-state index contributed by atoms with van der Waals surface area (Å²) in [6.45, 7) is 3.48. The number of nitrogens with one attached hydrogen (secondary N) is 2. The van der Waals surface area contributed by atoms with Crippen molar-refractivity contribution in [1.82, 2.24) is 5.32 Å². The van der Waals surface area contributed by atoms with Crippen LogP contribution in [0, 0.1) is 5.92 Å². The topological polar surface area (TPSA) is 95.5 Å². The van der Waals surface area contributed by atoms with E-state index in [-0.39, 0.29) is 29.9 Å². The van der Waals surface area contributed by atoms with Crippen LogP contribution in [0.1, 0.15) is 20.3 Å². The molecular weight excluding hydrogens is 316 g/mol. The minimum absolute atomic E-state index is 0.132. The van der Waals surface area contributed by atoms with E-state index in [4.69, 9.17) is 5.11 Å². The van der Waals surface area contributed by atoms with Crippen molar-refractivity contribution in [1.29, 1.82) is 0 Å². The lowest BCUT2D eigenvalue weighted by atomic mass is 10.0.